The molecule has 7 nitrogen and oxygen atoms in total. The number of carbonyl (C=O) groups excluding carboxylic acids is 2. The number of carbonyl (C=O) groups is 2. The van der Waals surface area contributed by atoms with Crippen molar-refractivity contribution in [2.75, 3.05) is 13.7 Å². The summed E-state index contributed by atoms with van der Waals surface area (Å²) in [5.74, 6) is 0.496. The third-order valence-corrected chi connectivity index (χ3v) is 3.83. The molecule has 0 atom stereocenters. The largest absolute Gasteiger partial charge is 0.493 e. The lowest BCUT2D eigenvalue weighted by molar-refractivity contribution is -0.123. The predicted octanol–water partition coefficient (Wildman–Crippen LogP) is 3.28. The number of ether oxygens (including phenoxy) is 3. The van der Waals surface area contributed by atoms with Crippen molar-refractivity contribution in [2.45, 2.75) is 26.9 Å². The molecule has 0 fully saturated rings. The van der Waals surface area contributed by atoms with E-state index >= 15 is 0 Å². The number of halogens is 1. The van der Waals surface area contributed by atoms with Crippen LogP contribution in [-0.2, 0) is 4.79 Å². The molecule has 2 aromatic carbocycles. The first-order valence-electron chi connectivity index (χ1n) is 8.63. The van der Waals surface area contributed by atoms with Crippen LogP contribution in [0.15, 0.2) is 36.4 Å². The molecule has 0 radical (unpaired) electrons. The zero-order chi connectivity index (χ0) is 20.7. The highest BCUT2D eigenvalue weighted by Gasteiger charge is 2.13. The van der Waals surface area contributed by atoms with Gasteiger partial charge in [0.05, 0.1) is 13.2 Å². The first-order valence-corrected chi connectivity index (χ1v) is 9.00. The van der Waals surface area contributed by atoms with Crippen LogP contribution in [0.25, 0.3) is 0 Å². The minimum atomic E-state index is -0.505. The minimum absolute atomic E-state index is 0.0304. The standard InChI is InChI=1S/C20H23ClN2O5/c1-12(2)28-17-7-5-14(10-18(17)26-4)20(25)23-22-19(24)11-27-16-8-6-15(21)9-13(16)3/h5-10,12H,11H2,1-4H3,(H,22,24)(H,23,25). The molecule has 8 heteroatoms. The number of hydrogen-bond donors (Lipinski definition) is 2. The molecule has 0 aliphatic rings. The van der Waals surface area contributed by atoms with E-state index in [1.54, 1.807) is 30.3 Å². The third kappa shape index (κ3) is 6.06. The Morgan fingerprint density at radius 3 is 2.39 bits per heavy atom. The van der Waals surface area contributed by atoms with E-state index in [0.717, 1.165) is 5.56 Å². The summed E-state index contributed by atoms with van der Waals surface area (Å²) in [7, 11) is 1.49. The fourth-order valence-electron chi connectivity index (χ4n) is 2.31. The Morgan fingerprint density at radius 1 is 1.04 bits per heavy atom. The van der Waals surface area contributed by atoms with Crippen molar-refractivity contribution in [3.05, 3.63) is 52.5 Å². The molecule has 0 aliphatic heterocycles. The van der Waals surface area contributed by atoms with Crippen molar-refractivity contribution < 1.29 is 23.8 Å². The van der Waals surface area contributed by atoms with Crippen LogP contribution < -0.4 is 25.1 Å². The van der Waals surface area contributed by atoms with Crippen LogP contribution in [-0.4, -0.2) is 31.6 Å². The molecule has 2 aromatic rings. The molecular formula is C20H23ClN2O5. The van der Waals surface area contributed by atoms with Gasteiger partial charge in [-0.15, -0.1) is 0 Å². The van der Waals surface area contributed by atoms with Gasteiger partial charge in [0.1, 0.15) is 5.75 Å². The summed E-state index contributed by atoms with van der Waals surface area (Å²) in [6.45, 7) is 5.35. The maximum atomic E-state index is 12.2. The maximum absolute atomic E-state index is 12.2. The number of rotatable bonds is 7. The average Bonchev–Trinajstić information content (AvgIpc) is 2.65. The third-order valence-electron chi connectivity index (χ3n) is 3.60. The molecule has 0 spiro atoms. The van der Waals surface area contributed by atoms with Crippen LogP contribution in [0.4, 0.5) is 0 Å². The van der Waals surface area contributed by atoms with Crippen LogP contribution in [0.2, 0.25) is 5.02 Å². The number of hydrazine groups is 1. The van der Waals surface area contributed by atoms with Gasteiger partial charge in [0, 0.05) is 10.6 Å². The molecule has 150 valence electrons. The molecule has 0 saturated heterocycles. The highest BCUT2D eigenvalue weighted by molar-refractivity contribution is 6.30. The van der Waals surface area contributed by atoms with Crippen LogP contribution in [0.5, 0.6) is 17.2 Å². The van der Waals surface area contributed by atoms with E-state index in [1.165, 1.54) is 13.2 Å². The average molecular weight is 407 g/mol. The number of hydrogen-bond acceptors (Lipinski definition) is 5. The molecule has 0 unspecified atom stereocenters. The summed E-state index contributed by atoms with van der Waals surface area (Å²) >= 11 is 5.88. The highest BCUT2D eigenvalue weighted by Crippen LogP contribution is 2.29. The van der Waals surface area contributed by atoms with E-state index in [9.17, 15) is 9.59 Å². The number of aryl methyl sites for hydroxylation is 1. The van der Waals surface area contributed by atoms with E-state index in [1.807, 2.05) is 20.8 Å². The number of benzene rings is 2. The summed E-state index contributed by atoms with van der Waals surface area (Å²) in [6.07, 6.45) is -0.0304. The molecule has 0 aromatic heterocycles. The van der Waals surface area contributed by atoms with Crippen molar-refractivity contribution in [3.8, 4) is 17.2 Å². The van der Waals surface area contributed by atoms with Gasteiger partial charge >= 0.3 is 0 Å². The lowest BCUT2D eigenvalue weighted by Crippen LogP contribution is -2.43. The van der Waals surface area contributed by atoms with E-state index in [2.05, 4.69) is 10.9 Å². The number of amides is 2. The SMILES string of the molecule is COc1cc(C(=O)NNC(=O)COc2ccc(Cl)cc2C)ccc1OC(C)C. The highest BCUT2D eigenvalue weighted by atomic mass is 35.5. The fourth-order valence-corrected chi connectivity index (χ4v) is 2.54. The van der Waals surface area contributed by atoms with Crippen molar-refractivity contribution >= 4 is 23.4 Å². The maximum Gasteiger partial charge on any atom is 0.276 e. The van der Waals surface area contributed by atoms with Crippen molar-refractivity contribution in [1.82, 2.24) is 10.9 Å². The molecule has 0 heterocycles. The summed E-state index contributed by atoms with van der Waals surface area (Å²) in [5.41, 5.74) is 5.75. The Labute approximate surface area is 168 Å². The van der Waals surface area contributed by atoms with Crippen LogP contribution >= 0.6 is 11.6 Å². The molecular weight excluding hydrogens is 384 g/mol. The fraction of sp³-hybridized carbons (Fsp3) is 0.300. The van der Waals surface area contributed by atoms with Crippen molar-refractivity contribution in [1.29, 1.82) is 0 Å². The van der Waals surface area contributed by atoms with Gasteiger partial charge in [-0.05, 0) is 62.7 Å². The first kappa shape index (κ1) is 21.4. The zero-order valence-electron chi connectivity index (χ0n) is 16.2. The van der Waals surface area contributed by atoms with Crippen molar-refractivity contribution in [2.24, 2.45) is 0 Å². The summed E-state index contributed by atoms with van der Waals surface area (Å²) in [6, 6.07) is 9.83. The predicted molar refractivity (Wildman–Crippen MR) is 106 cm³/mol. The van der Waals surface area contributed by atoms with Crippen LogP contribution in [0.3, 0.4) is 0 Å². The van der Waals surface area contributed by atoms with E-state index in [0.29, 0.717) is 27.8 Å². The summed E-state index contributed by atoms with van der Waals surface area (Å²) in [4.78, 5) is 24.1. The van der Waals surface area contributed by atoms with Crippen molar-refractivity contribution in [3.63, 3.8) is 0 Å². The van der Waals surface area contributed by atoms with Gasteiger partial charge in [-0.1, -0.05) is 11.6 Å². The molecule has 0 saturated carbocycles. The summed E-state index contributed by atoms with van der Waals surface area (Å²) < 4.78 is 16.3. The lowest BCUT2D eigenvalue weighted by atomic mass is 10.2. The second kappa shape index (κ2) is 9.85. The second-order valence-corrected chi connectivity index (χ2v) is 6.67. The monoisotopic (exact) mass is 406 g/mol. The summed E-state index contributed by atoms with van der Waals surface area (Å²) in [5, 5.41) is 0.585. The Balaban J connectivity index is 1.89. The normalized spacial score (nSPS) is 10.4. The zero-order valence-corrected chi connectivity index (χ0v) is 16.9. The topological polar surface area (TPSA) is 85.9 Å². The Hall–Kier alpha value is -2.93. The smallest absolute Gasteiger partial charge is 0.276 e. The number of nitrogens with one attached hydrogen (secondary N) is 2. The Morgan fingerprint density at radius 2 is 1.75 bits per heavy atom. The Kier molecular flexibility index (Phi) is 7.52. The number of methoxy groups -OCH3 is 1. The van der Waals surface area contributed by atoms with Gasteiger partial charge in [0.15, 0.2) is 18.1 Å². The molecule has 2 N–H and O–H groups in total. The van der Waals surface area contributed by atoms with Gasteiger partial charge in [0.25, 0.3) is 11.8 Å². The second-order valence-electron chi connectivity index (χ2n) is 6.23. The van der Waals surface area contributed by atoms with Gasteiger partial charge in [-0.2, -0.15) is 0 Å². The lowest BCUT2D eigenvalue weighted by Gasteiger charge is -2.14. The van der Waals surface area contributed by atoms with Gasteiger partial charge in [0.2, 0.25) is 0 Å². The molecule has 0 aliphatic carbocycles. The van der Waals surface area contributed by atoms with Gasteiger partial charge < -0.3 is 14.2 Å². The molecule has 28 heavy (non-hydrogen) atoms. The van der Waals surface area contributed by atoms with E-state index < -0.39 is 11.8 Å². The van der Waals surface area contributed by atoms with E-state index in [-0.39, 0.29) is 12.7 Å². The first-order chi connectivity index (χ1) is 13.3. The minimum Gasteiger partial charge on any atom is -0.493 e. The van der Waals surface area contributed by atoms with Crippen LogP contribution in [0, 0.1) is 6.92 Å². The molecule has 0 bridgehead atoms. The molecule has 2 amide bonds. The van der Waals surface area contributed by atoms with E-state index in [4.69, 9.17) is 25.8 Å². The Bertz CT molecular complexity index is 854. The van der Waals surface area contributed by atoms with Gasteiger partial charge in [-0.25, -0.2) is 0 Å². The quantitative estimate of drug-likeness (QED) is 0.689. The van der Waals surface area contributed by atoms with Crippen LogP contribution in [0.1, 0.15) is 29.8 Å². The van der Waals surface area contributed by atoms with Gasteiger partial charge in [-0.3, -0.25) is 20.4 Å². The molecule has 2 rings (SSSR count).